The van der Waals surface area contributed by atoms with Crippen molar-refractivity contribution in [3.8, 4) is 0 Å². The van der Waals surface area contributed by atoms with Crippen LogP contribution in [0.4, 0.5) is 16.3 Å². The van der Waals surface area contributed by atoms with E-state index in [1.54, 1.807) is 0 Å². The first kappa shape index (κ1) is 16.0. The first-order chi connectivity index (χ1) is 13.3. The van der Waals surface area contributed by atoms with Crippen LogP contribution in [-0.4, -0.2) is 56.9 Å². The predicted octanol–water partition coefficient (Wildman–Crippen LogP) is 2.36. The summed E-state index contributed by atoms with van der Waals surface area (Å²) in [5, 5.41) is 16.2. The molecule has 1 saturated carbocycles. The van der Waals surface area contributed by atoms with Crippen molar-refractivity contribution in [1.29, 1.82) is 0 Å². The van der Waals surface area contributed by atoms with Crippen LogP contribution in [-0.2, 0) is 0 Å². The summed E-state index contributed by atoms with van der Waals surface area (Å²) < 4.78 is 1.88. The fraction of sp³-hybridized carbons (Fsp3) is 0.368. The van der Waals surface area contributed by atoms with Gasteiger partial charge in [0.15, 0.2) is 11.5 Å². The summed E-state index contributed by atoms with van der Waals surface area (Å²) in [5.41, 5.74) is 1.61. The third kappa shape index (κ3) is 3.18. The normalized spacial score (nSPS) is 17.3. The molecule has 138 valence electrons. The number of piperazine rings is 1. The Hall–Kier alpha value is -3.16. The van der Waals surface area contributed by atoms with Gasteiger partial charge in [-0.2, -0.15) is 4.52 Å². The van der Waals surface area contributed by atoms with Gasteiger partial charge in [0.2, 0.25) is 0 Å². The third-order valence-electron chi connectivity index (χ3n) is 5.13. The van der Waals surface area contributed by atoms with E-state index in [2.05, 4.69) is 20.4 Å². The highest BCUT2D eigenvalue weighted by Crippen LogP contribution is 2.38. The van der Waals surface area contributed by atoms with E-state index in [1.807, 2.05) is 51.9 Å². The number of hydrogen-bond acceptors (Lipinski definition) is 5. The van der Waals surface area contributed by atoms with Crippen LogP contribution in [0, 0.1) is 0 Å². The Morgan fingerprint density at radius 3 is 2.48 bits per heavy atom. The Bertz CT molecular complexity index is 959. The smallest absolute Gasteiger partial charge is 0.321 e. The number of carbonyl (C=O) groups excluding carboxylic acids is 1. The maximum Gasteiger partial charge on any atom is 0.321 e. The summed E-state index contributed by atoms with van der Waals surface area (Å²) in [7, 11) is 0. The van der Waals surface area contributed by atoms with E-state index in [0.29, 0.717) is 19.0 Å². The molecule has 1 saturated heterocycles. The van der Waals surface area contributed by atoms with Gasteiger partial charge in [0.05, 0.1) is 0 Å². The van der Waals surface area contributed by atoms with Crippen molar-refractivity contribution in [3.05, 3.63) is 48.3 Å². The number of amides is 2. The molecule has 27 heavy (non-hydrogen) atoms. The standard InChI is InChI=1S/C19H21N7O/c27-19(20-15-4-2-1-3-5-15)25-12-10-24(11-13-25)17-9-8-16-21-22-18(14-6-7-14)26(16)23-17/h1-5,8-9,14H,6-7,10-13H2,(H,20,27). The number of urea groups is 1. The van der Waals surface area contributed by atoms with Gasteiger partial charge in [-0.05, 0) is 37.1 Å². The van der Waals surface area contributed by atoms with E-state index in [1.165, 1.54) is 12.8 Å². The Morgan fingerprint density at radius 2 is 1.74 bits per heavy atom. The summed E-state index contributed by atoms with van der Waals surface area (Å²) in [6, 6.07) is 13.4. The first-order valence-corrected chi connectivity index (χ1v) is 9.36. The fourth-order valence-electron chi connectivity index (χ4n) is 3.42. The highest BCUT2D eigenvalue weighted by molar-refractivity contribution is 5.89. The molecule has 8 heteroatoms. The zero-order chi connectivity index (χ0) is 18.2. The molecule has 3 heterocycles. The highest BCUT2D eigenvalue weighted by atomic mass is 16.2. The van der Waals surface area contributed by atoms with Crippen LogP contribution in [0.15, 0.2) is 42.5 Å². The molecule has 5 rings (SSSR count). The zero-order valence-corrected chi connectivity index (χ0v) is 15.0. The quantitative estimate of drug-likeness (QED) is 0.773. The van der Waals surface area contributed by atoms with Crippen LogP contribution in [0.2, 0.25) is 0 Å². The van der Waals surface area contributed by atoms with Gasteiger partial charge >= 0.3 is 6.03 Å². The summed E-state index contributed by atoms with van der Waals surface area (Å²) in [6.45, 7) is 2.83. The molecule has 1 N–H and O–H groups in total. The molecular weight excluding hydrogens is 342 g/mol. The molecule has 0 radical (unpaired) electrons. The lowest BCUT2D eigenvalue weighted by molar-refractivity contribution is 0.208. The van der Waals surface area contributed by atoms with Gasteiger partial charge in [-0.15, -0.1) is 15.3 Å². The summed E-state index contributed by atoms with van der Waals surface area (Å²) >= 11 is 0. The van der Waals surface area contributed by atoms with Crippen LogP contribution in [0.25, 0.3) is 5.65 Å². The number of para-hydroxylation sites is 1. The topological polar surface area (TPSA) is 78.7 Å². The number of carbonyl (C=O) groups is 1. The van der Waals surface area contributed by atoms with Gasteiger partial charge in [0, 0.05) is 37.8 Å². The number of rotatable bonds is 3. The SMILES string of the molecule is O=C(Nc1ccccc1)N1CCN(c2ccc3nnc(C4CC4)n3n2)CC1. The van der Waals surface area contributed by atoms with Gasteiger partial charge in [0.1, 0.15) is 5.82 Å². The maximum absolute atomic E-state index is 12.4. The summed E-state index contributed by atoms with van der Waals surface area (Å²) in [5.74, 6) is 2.38. The number of nitrogens with one attached hydrogen (secondary N) is 1. The number of fused-ring (bicyclic) bond motifs is 1. The zero-order valence-electron chi connectivity index (χ0n) is 15.0. The predicted molar refractivity (Wildman–Crippen MR) is 102 cm³/mol. The van der Waals surface area contributed by atoms with Crippen molar-refractivity contribution in [2.75, 3.05) is 36.4 Å². The van der Waals surface area contributed by atoms with Gasteiger partial charge in [-0.1, -0.05) is 18.2 Å². The first-order valence-electron chi connectivity index (χ1n) is 9.36. The van der Waals surface area contributed by atoms with Crippen molar-refractivity contribution in [1.82, 2.24) is 24.7 Å². The molecule has 8 nitrogen and oxygen atoms in total. The van der Waals surface area contributed by atoms with E-state index in [0.717, 1.165) is 36.1 Å². The molecule has 1 aliphatic heterocycles. The molecule has 2 fully saturated rings. The fourth-order valence-corrected chi connectivity index (χ4v) is 3.42. The number of anilines is 2. The lowest BCUT2D eigenvalue weighted by Gasteiger charge is -2.35. The number of benzene rings is 1. The van der Waals surface area contributed by atoms with Crippen molar-refractivity contribution >= 4 is 23.2 Å². The molecule has 1 aliphatic carbocycles. The Kier molecular flexibility index (Phi) is 3.88. The number of nitrogens with zero attached hydrogens (tertiary/aromatic N) is 6. The molecule has 0 bridgehead atoms. The monoisotopic (exact) mass is 363 g/mol. The average Bonchev–Trinajstić information content (AvgIpc) is 3.47. The van der Waals surface area contributed by atoms with Gasteiger partial charge in [-0.25, -0.2) is 4.79 Å². The lowest BCUT2D eigenvalue weighted by atomic mass is 10.3. The summed E-state index contributed by atoms with van der Waals surface area (Å²) in [6.07, 6.45) is 2.34. The minimum atomic E-state index is -0.0564. The van der Waals surface area contributed by atoms with E-state index < -0.39 is 0 Å². The lowest BCUT2D eigenvalue weighted by Crippen LogP contribution is -2.50. The van der Waals surface area contributed by atoms with E-state index in [-0.39, 0.29) is 6.03 Å². The van der Waals surface area contributed by atoms with Crippen LogP contribution < -0.4 is 10.2 Å². The average molecular weight is 363 g/mol. The third-order valence-corrected chi connectivity index (χ3v) is 5.13. The Balaban J connectivity index is 1.25. The second-order valence-electron chi connectivity index (χ2n) is 7.06. The van der Waals surface area contributed by atoms with E-state index in [4.69, 9.17) is 5.10 Å². The molecule has 2 amide bonds. The molecule has 1 aromatic carbocycles. The minimum Gasteiger partial charge on any atom is -0.352 e. The molecular formula is C19H21N7O. The molecule has 0 atom stereocenters. The van der Waals surface area contributed by atoms with Crippen molar-refractivity contribution < 1.29 is 4.79 Å². The number of aromatic nitrogens is 4. The van der Waals surface area contributed by atoms with Crippen LogP contribution in [0.3, 0.4) is 0 Å². The molecule has 0 unspecified atom stereocenters. The molecule has 2 aromatic heterocycles. The van der Waals surface area contributed by atoms with Crippen molar-refractivity contribution in [2.24, 2.45) is 0 Å². The Labute approximate surface area is 156 Å². The van der Waals surface area contributed by atoms with Crippen LogP contribution in [0.5, 0.6) is 0 Å². The number of hydrogen-bond donors (Lipinski definition) is 1. The second kappa shape index (κ2) is 6.53. The van der Waals surface area contributed by atoms with Gasteiger partial charge in [0.25, 0.3) is 0 Å². The van der Waals surface area contributed by atoms with E-state index >= 15 is 0 Å². The molecule has 0 spiro atoms. The Morgan fingerprint density at radius 1 is 0.963 bits per heavy atom. The van der Waals surface area contributed by atoms with Crippen molar-refractivity contribution in [2.45, 2.75) is 18.8 Å². The van der Waals surface area contributed by atoms with Gasteiger partial charge in [-0.3, -0.25) is 0 Å². The largest absolute Gasteiger partial charge is 0.352 e. The van der Waals surface area contributed by atoms with Crippen LogP contribution >= 0.6 is 0 Å². The molecule has 2 aliphatic rings. The highest BCUT2D eigenvalue weighted by Gasteiger charge is 2.30. The summed E-state index contributed by atoms with van der Waals surface area (Å²) in [4.78, 5) is 16.5. The van der Waals surface area contributed by atoms with Gasteiger partial charge < -0.3 is 15.1 Å². The van der Waals surface area contributed by atoms with E-state index in [9.17, 15) is 4.79 Å². The minimum absolute atomic E-state index is 0.0564. The maximum atomic E-state index is 12.4. The van der Waals surface area contributed by atoms with Crippen LogP contribution in [0.1, 0.15) is 24.6 Å². The molecule has 3 aromatic rings. The second-order valence-corrected chi connectivity index (χ2v) is 7.06. The van der Waals surface area contributed by atoms with Crippen molar-refractivity contribution in [3.63, 3.8) is 0 Å².